The van der Waals surface area contributed by atoms with Crippen LogP contribution in [0, 0.1) is 5.92 Å². The van der Waals surface area contributed by atoms with Crippen molar-refractivity contribution in [3.63, 3.8) is 0 Å². The molecule has 0 aromatic heterocycles. The molecule has 0 aromatic carbocycles. The molecule has 1 saturated carbocycles. The summed E-state index contributed by atoms with van der Waals surface area (Å²) in [5.41, 5.74) is 17.3. The third-order valence-corrected chi connectivity index (χ3v) is 8.03. The minimum Gasteiger partial charge on any atom is -0.492 e. The van der Waals surface area contributed by atoms with Crippen LogP contribution >= 0.6 is 0 Å². The molecule has 14 nitrogen and oxygen atoms in total. The number of hydrogen-bond acceptors (Lipinski definition) is 14. The molecular formula is C25H50N6O8. The molecule has 3 rings (SSSR count). The lowest BCUT2D eigenvalue weighted by Crippen LogP contribution is -2.69. The first-order valence-corrected chi connectivity index (χ1v) is 13.9. The van der Waals surface area contributed by atoms with Crippen LogP contribution < -0.4 is 33.2 Å². The summed E-state index contributed by atoms with van der Waals surface area (Å²) in [6, 6.07) is -3.01. The normalized spacial score (nSPS) is 41.4. The lowest BCUT2D eigenvalue weighted by molar-refractivity contribution is -0.298. The van der Waals surface area contributed by atoms with E-state index in [0.717, 1.165) is 13.0 Å². The summed E-state index contributed by atoms with van der Waals surface area (Å²) in [4.78, 5) is 0. The van der Waals surface area contributed by atoms with Crippen LogP contribution in [0.1, 0.15) is 26.2 Å². The highest BCUT2D eigenvalue weighted by Crippen LogP contribution is 2.36. The van der Waals surface area contributed by atoms with Gasteiger partial charge >= 0.3 is 0 Å². The quantitative estimate of drug-likeness (QED) is 0.0946. The third kappa shape index (κ3) is 7.86. The van der Waals surface area contributed by atoms with Crippen molar-refractivity contribution in [1.29, 1.82) is 0 Å². The van der Waals surface area contributed by atoms with Crippen LogP contribution in [0.2, 0.25) is 0 Å². The van der Waals surface area contributed by atoms with Gasteiger partial charge in [-0.1, -0.05) is 0 Å². The van der Waals surface area contributed by atoms with Crippen molar-refractivity contribution in [2.24, 2.45) is 23.1 Å². The number of ether oxygens (including phenoxy) is 3. The number of nitrogens with two attached hydrogens (primary N) is 3. The van der Waals surface area contributed by atoms with E-state index in [0.29, 0.717) is 31.7 Å². The number of nitrogens with one attached hydrogen (secondary N) is 3. The highest BCUT2D eigenvalue weighted by atomic mass is 16.7. The average molecular weight is 563 g/mol. The van der Waals surface area contributed by atoms with E-state index in [4.69, 9.17) is 31.4 Å². The highest BCUT2D eigenvalue weighted by Gasteiger charge is 2.53. The fraction of sp³-hybridized carbons (Fsp3) is 0.920. The van der Waals surface area contributed by atoms with Gasteiger partial charge in [-0.15, -0.1) is 0 Å². The lowest BCUT2D eigenvalue weighted by Gasteiger charge is -2.51. The molecule has 2 heterocycles. The maximum absolute atomic E-state index is 11.7. The maximum Gasteiger partial charge on any atom is 0.185 e. The SMILES string of the molecule is CN[C@@H]1[C@@H](O)[C@@H](O[C@H]2[C@H](NC(CO)CO)C[C@H](N)C([C@H]3OC(CNCCCN)=CC[C@H]3N)[C@@H]2O)OC[C@]1(C)O. The molecule has 1 saturated heterocycles. The second-order valence-corrected chi connectivity index (χ2v) is 11.2. The monoisotopic (exact) mass is 562 g/mol. The zero-order valence-electron chi connectivity index (χ0n) is 23.0. The molecule has 14 heteroatoms. The van der Waals surface area contributed by atoms with E-state index in [1.165, 1.54) is 0 Å². The summed E-state index contributed by atoms with van der Waals surface area (Å²) < 4.78 is 18.2. The van der Waals surface area contributed by atoms with Crippen LogP contribution in [0.5, 0.6) is 0 Å². The Morgan fingerprint density at radius 3 is 2.54 bits per heavy atom. The molecular weight excluding hydrogens is 512 g/mol. The Morgan fingerprint density at radius 2 is 1.90 bits per heavy atom. The molecule has 0 amide bonds. The first kappa shape index (κ1) is 32.5. The van der Waals surface area contributed by atoms with Crippen molar-refractivity contribution in [3.8, 4) is 0 Å². The topological polar surface area (TPSA) is 243 Å². The van der Waals surface area contributed by atoms with Crippen molar-refractivity contribution in [2.45, 2.75) is 92.7 Å². The van der Waals surface area contributed by atoms with Crippen LogP contribution in [-0.2, 0) is 14.2 Å². The van der Waals surface area contributed by atoms with Crippen molar-refractivity contribution in [2.75, 3.05) is 46.5 Å². The summed E-state index contributed by atoms with van der Waals surface area (Å²) in [5.74, 6) is 0.0861. The molecule has 39 heavy (non-hydrogen) atoms. The Balaban J connectivity index is 1.81. The number of aliphatic hydroxyl groups excluding tert-OH is 4. The van der Waals surface area contributed by atoms with E-state index in [2.05, 4.69) is 16.0 Å². The largest absolute Gasteiger partial charge is 0.492 e. The maximum atomic E-state index is 11.7. The van der Waals surface area contributed by atoms with Crippen molar-refractivity contribution >= 4 is 0 Å². The van der Waals surface area contributed by atoms with Crippen LogP contribution in [0.4, 0.5) is 0 Å². The average Bonchev–Trinajstić information content (AvgIpc) is 2.90. The predicted molar refractivity (Wildman–Crippen MR) is 143 cm³/mol. The molecule has 2 aliphatic heterocycles. The Labute approximate surface area is 230 Å². The summed E-state index contributed by atoms with van der Waals surface area (Å²) in [7, 11) is 1.62. The Kier molecular flexibility index (Phi) is 12.3. The first-order chi connectivity index (χ1) is 18.6. The Morgan fingerprint density at radius 1 is 1.18 bits per heavy atom. The number of hydrogen-bond donors (Lipinski definition) is 11. The number of likely N-dealkylation sites (N-methyl/N-ethyl adjacent to an activating group) is 1. The van der Waals surface area contributed by atoms with Gasteiger partial charge in [0.2, 0.25) is 0 Å². The molecule has 1 unspecified atom stereocenters. The fourth-order valence-electron chi connectivity index (χ4n) is 5.89. The fourth-order valence-corrected chi connectivity index (χ4v) is 5.89. The van der Waals surface area contributed by atoms with Crippen molar-refractivity contribution < 1.29 is 39.7 Å². The molecule has 0 bridgehead atoms. The summed E-state index contributed by atoms with van der Waals surface area (Å²) in [6.07, 6.45) is -1.59. The molecule has 0 radical (unpaired) electrons. The first-order valence-electron chi connectivity index (χ1n) is 13.9. The van der Waals surface area contributed by atoms with Gasteiger partial charge < -0.3 is 72.9 Å². The van der Waals surface area contributed by atoms with Gasteiger partial charge in [0.15, 0.2) is 6.29 Å². The van der Waals surface area contributed by atoms with Crippen LogP contribution in [0.3, 0.4) is 0 Å². The molecule has 3 aliphatic rings. The van der Waals surface area contributed by atoms with Gasteiger partial charge in [0.1, 0.15) is 29.7 Å². The van der Waals surface area contributed by atoms with Crippen LogP contribution in [0.15, 0.2) is 11.8 Å². The smallest absolute Gasteiger partial charge is 0.185 e. The zero-order chi connectivity index (χ0) is 28.7. The van der Waals surface area contributed by atoms with Gasteiger partial charge in [0.05, 0.1) is 44.6 Å². The van der Waals surface area contributed by atoms with E-state index in [9.17, 15) is 25.5 Å². The van der Waals surface area contributed by atoms with E-state index in [1.54, 1.807) is 14.0 Å². The molecule has 11 atom stereocenters. The number of rotatable bonds is 13. The van der Waals surface area contributed by atoms with Gasteiger partial charge in [-0.05, 0) is 52.4 Å². The molecule has 228 valence electrons. The summed E-state index contributed by atoms with van der Waals surface area (Å²) >= 11 is 0. The van der Waals surface area contributed by atoms with E-state index in [-0.39, 0.29) is 19.8 Å². The minimum atomic E-state index is -1.34. The van der Waals surface area contributed by atoms with Gasteiger partial charge in [-0.25, -0.2) is 0 Å². The van der Waals surface area contributed by atoms with Crippen molar-refractivity contribution in [3.05, 3.63) is 11.8 Å². The second-order valence-electron chi connectivity index (χ2n) is 11.2. The van der Waals surface area contributed by atoms with Crippen molar-refractivity contribution in [1.82, 2.24) is 16.0 Å². The summed E-state index contributed by atoms with van der Waals surface area (Å²) in [5, 5.41) is 62.0. The van der Waals surface area contributed by atoms with Gasteiger partial charge in [0, 0.05) is 24.0 Å². The standard InChI is InChI=1S/C25H50N6O8/c1-25(36)12-37-24(20(35)23(25)29-2)39-22-17(31-13(10-32)11-33)8-16(28)18(19(22)34)21-15(27)5-4-14(38-21)9-30-7-3-6-26/h4,13,15-24,29-36H,3,5-12,26-28H2,1-2H3/t15-,16+,17-,18?,19+,20-,21+,22+,23-,24-,25+/m1/s1. The lowest BCUT2D eigenvalue weighted by atomic mass is 9.72. The minimum absolute atomic E-state index is 0.109. The highest BCUT2D eigenvalue weighted by molar-refractivity contribution is 5.10. The van der Waals surface area contributed by atoms with E-state index < -0.39 is 72.4 Å². The van der Waals surface area contributed by atoms with Gasteiger partial charge in [-0.3, -0.25) is 0 Å². The predicted octanol–water partition coefficient (Wildman–Crippen LogP) is -4.61. The van der Waals surface area contributed by atoms with E-state index >= 15 is 0 Å². The second kappa shape index (κ2) is 14.8. The molecule has 2 fully saturated rings. The molecule has 1 aliphatic carbocycles. The molecule has 0 spiro atoms. The zero-order valence-corrected chi connectivity index (χ0v) is 23.0. The number of aliphatic hydroxyl groups is 5. The van der Waals surface area contributed by atoms with Gasteiger partial charge in [-0.2, -0.15) is 0 Å². The molecule has 0 aromatic rings. The van der Waals surface area contributed by atoms with E-state index in [1.807, 2.05) is 6.08 Å². The molecule has 14 N–H and O–H groups in total. The third-order valence-electron chi connectivity index (χ3n) is 8.03. The summed E-state index contributed by atoms with van der Waals surface area (Å²) in [6.45, 7) is 2.57. The van der Waals surface area contributed by atoms with Gasteiger partial charge in [0.25, 0.3) is 0 Å². The van der Waals surface area contributed by atoms with Crippen LogP contribution in [-0.4, -0.2) is 139 Å². The Hall–Kier alpha value is -0.980. The Bertz CT molecular complexity index is 775. The van der Waals surface area contributed by atoms with Crippen LogP contribution in [0.25, 0.3) is 0 Å².